The van der Waals surface area contributed by atoms with Crippen LogP contribution in [0.2, 0.25) is 0 Å². The van der Waals surface area contributed by atoms with Gasteiger partial charge in [-0.05, 0) is 36.9 Å². The van der Waals surface area contributed by atoms with E-state index in [1.165, 1.54) is 6.07 Å². The Morgan fingerprint density at radius 3 is 2.76 bits per heavy atom. The van der Waals surface area contributed by atoms with Crippen molar-refractivity contribution in [1.29, 1.82) is 0 Å². The molecule has 1 atom stereocenters. The average molecular weight is 257 g/mol. The fourth-order valence-corrected chi connectivity index (χ4v) is 3.02. The lowest BCUT2D eigenvalue weighted by molar-refractivity contribution is 0.442. The highest BCUT2D eigenvalue weighted by Crippen LogP contribution is 2.28. The predicted octanol–water partition coefficient (Wildman–Crippen LogP) is 1.70. The quantitative estimate of drug-likeness (QED) is 0.877. The minimum absolute atomic E-state index is 0.0745. The summed E-state index contributed by atoms with van der Waals surface area (Å²) in [5.74, 6) is -0.505. The van der Waals surface area contributed by atoms with E-state index in [2.05, 4.69) is 5.32 Å². The van der Waals surface area contributed by atoms with Crippen LogP contribution in [0.1, 0.15) is 24.3 Å². The Hall–Kier alpha value is -0.940. The van der Waals surface area contributed by atoms with E-state index in [0.29, 0.717) is 12.1 Å². The van der Waals surface area contributed by atoms with Crippen LogP contribution in [0.5, 0.6) is 0 Å². The molecular weight excluding hydrogens is 241 g/mol. The molecule has 0 radical (unpaired) electrons. The maximum Gasteiger partial charge on any atom is 0.178 e. The fourth-order valence-electron chi connectivity index (χ4n) is 2.25. The summed E-state index contributed by atoms with van der Waals surface area (Å²) in [6, 6.07) is 4.62. The summed E-state index contributed by atoms with van der Waals surface area (Å²) in [7, 11) is -3.49. The van der Waals surface area contributed by atoms with E-state index in [-0.39, 0.29) is 10.8 Å². The van der Waals surface area contributed by atoms with Gasteiger partial charge in [0.1, 0.15) is 10.7 Å². The van der Waals surface area contributed by atoms with Crippen LogP contribution in [-0.4, -0.2) is 27.8 Å². The largest absolute Gasteiger partial charge is 0.316 e. The molecule has 0 spiro atoms. The van der Waals surface area contributed by atoms with Crippen molar-refractivity contribution >= 4 is 9.84 Å². The second-order valence-corrected chi connectivity index (χ2v) is 6.46. The van der Waals surface area contributed by atoms with Gasteiger partial charge in [-0.2, -0.15) is 0 Å². The molecule has 1 saturated heterocycles. The number of nitrogens with one attached hydrogen (secondary N) is 1. The molecule has 1 aromatic rings. The van der Waals surface area contributed by atoms with Gasteiger partial charge in [0.25, 0.3) is 0 Å². The Kier molecular flexibility index (Phi) is 3.49. The standard InChI is InChI=1S/C12H16FNO2S/c1-17(15,16)11-6-2-5-10(12(11)13)9-4-3-7-14-8-9/h2,5-6,9,14H,3-4,7-8H2,1H3. The molecule has 17 heavy (non-hydrogen) atoms. The Balaban J connectivity index is 2.42. The third kappa shape index (κ3) is 2.66. The molecule has 5 heteroatoms. The van der Waals surface area contributed by atoms with Gasteiger partial charge in [-0.3, -0.25) is 0 Å². The van der Waals surface area contributed by atoms with Crippen LogP contribution in [0.25, 0.3) is 0 Å². The van der Waals surface area contributed by atoms with Crippen LogP contribution in [0.4, 0.5) is 4.39 Å². The summed E-state index contributed by atoms with van der Waals surface area (Å²) in [4.78, 5) is -0.194. The van der Waals surface area contributed by atoms with Crippen LogP contribution >= 0.6 is 0 Å². The van der Waals surface area contributed by atoms with Crippen LogP contribution in [0.15, 0.2) is 23.1 Å². The number of piperidine rings is 1. The second kappa shape index (κ2) is 4.74. The molecule has 1 aromatic carbocycles. The number of rotatable bonds is 2. The molecule has 0 aromatic heterocycles. The van der Waals surface area contributed by atoms with Crippen LogP contribution in [0, 0.1) is 5.82 Å². The van der Waals surface area contributed by atoms with Gasteiger partial charge in [0.15, 0.2) is 9.84 Å². The van der Waals surface area contributed by atoms with Crippen molar-refractivity contribution in [2.24, 2.45) is 0 Å². The molecule has 1 aliphatic rings. The molecule has 94 valence electrons. The minimum Gasteiger partial charge on any atom is -0.316 e. The van der Waals surface area contributed by atoms with Gasteiger partial charge in [-0.1, -0.05) is 12.1 Å². The van der Waals surface area contributed by atoms with Gasteiger partial charge in [0.2, 0.25) is 0 Å². The number of hydrogen-bond donors (Lipinski definition) is 1. The number of halogens is 1. The summed E-state index contributed by atoms with van der Waals surface area (Å²) in [5.41, 5.74) is 0.514. The van der Waals surface area contributed by atoms with Gasteiger partial charge >= 0.3 is 0 Å². The molecule has 1 aliphatic heterocycles. The lowest BCUT2D eigenvalue weighted by Crippen LogP contribution is -2.29. The first-order valence-electron chi connectivity index (χ1n) is 5.69. The topological polar surface area (TPSA) is 46.2 Å². The van der Waals surface area contributed by atoms with Gasteiger partial charge in [0, 0.05) is 12.8 Å². The van der Waals surface area contributed by atoms with E-state index in [9.17, 15) is 12.8 Å². The summed E-state index contributed by atoms with van der Waals surface area (Å²) in [5, 5.41) is 3.20. The van der Waals surface area contributed by atoms with E-state index in [1.807, 2.05) is 0 Å². The highest BCUT2D eigenvalue weighted by molar-refractivity contribution is 7.90. The summed E-state index contributed by atoms with van der Waals surface area (Å²) >= 11 is 0. The average Bonchev–Trinajstić information content (AvgIpc) is 2.29. The van der Waals surface area contributed by atoms with Crippen molar-refractivity contribution in [3.63, 3.8) is 0 Å². The molecule has 3 nitrogen and oxygen atoms in total. The van der Waals surface area contributed by atoms with Crippen LogP contribution in [-0.2, 0) is 9.84 Å². The number of hydrogen-bond acceptors (Lipinski definition) is 3. The third-order valence-electron chi connectivity index (χ3n) is 3.13. The van der Waals surface area contributed by atoms with E-state index < -0.39 is 15.7 Å². The zero-order valence-electron chi connectivity index (χ0n) is 9.74. The molecular formula is C12H16FNO2S. The summed E-state index contributed by atoms with van der Waals surface area (Å²) < 4.78 is 37.0. The molecule has 0 amide bonds. The first-order chi connectivity index (χ1) is 8.00. The zero-order chi connectivity index (χ0) is 12.5. The Bertz CT molecular complexity index is 507. The maximum atomic E-state index is 14.1. The Morgan fingerprint density at radius 2 is 2.18 bits per heavy atom. The normalized spacial score (nSPS) is 21.4. The number of sulfone groups is 1. The lowest BCUT2D eigenvalue weighted by Gasteiger charge is -2.23. The smallest absolute Gasteiger partial charge is 0.178 e. The van der Waals surface area contributed by atoms with Crippen molar-refractivity contribution < 1.29 is 12.8 Å². The van der Waals surface area contributed by atoms with E-state index >= 15 is 0 Å². The van der Waals surface area contributed by atoms with Crippen molar-refractivity contribution in [1.82, 2.24) is 5.32 Å². The summed E-state index contributed by atoms with van der Waals surface area (Å²) in [6.45, 7) is 1.66. The third-order valence-corrected chi connectivity index (χ3v) is 4.24. The van der Waals surface area contributed by atoms with Crippen LogP contribution < -0.4 is 5.32 Å². The fraction of sp³-hybridized carbons (Fsp3) is 0.500. The first-order valence-corrected chi connectivity index (χ1v) is 7.58. The van der Waals surface area contributed by atoms with Crippen LogP contribution in [0.3, 0.4) is 0 Å². The summed E-state index contributed by atoms with van der Waals surface area (Å²) in [6.07, 6.45) is 2.93. The number of benzene rings is 1. The molecule has 1 fully saturated rings. The molecule has 0 aliphatic carbocycles. The molecule has 1 N–H and O–H groups in total. The van der Waals surface area contributed by atoms with E-state index in [1.54, 1.807) is 12.1 Å². The van der Waals surface area contributed by atoms with Crippen molar-refractivity contribution in [2.75, 3.05) is 19.3 Å². The highest BCUT2D eigenvalue weighted by Gasteiger charge is 2.23. The van der Waals surface area contributed by atoms with Gasteiger partial charge < -0.3 is 5.32 Å². The molecule has 0 saturated carbocycles. The van der Waals surface area contributed by atoms with E-state index in [0.717, 1.165) is 25.6 Å². The molecule has 1 unspecified atom stereocenters. The molecule has 2 rings (SSSR count). The van der Waals surface area contributed by atoms with Gasteiger partial charge in [0.05, 0.1) is 0 Å². The van der Waals surface area contributed by atoms with Crippen molar-refractivity contribution in [3.05, 3.63) is 29.6 Å². The van der Waals surface area contributed by atoms with Gasteiger partial charge in [-0.15, -0.1) is 0 Å². The zero-order valence-corrected chi connectivity index (χ0v) is 10.6. The van der Waals surface area contributed by atoms with Crippen molar-refractivity contribution in [2.45, 2.75) is 23.7 Å². The predicted molar refractivity (Wildman–Crippen MR) is 64.4 cm³/mol. The van der Waals surface area contributed by atoms with E-state index in [4.69, 9.17) is 0 Å². The Labute approximate surface area is 101 Å². The maximum absolute atomic E-state index is 14.1. The first kappa shape index (κ1) is 12.5. The minimum atomic E-state index is -3.49. The highest BCUT2D eigenvalue weighted by atomic mass is 32.2. The SMILES string of the molecule is CS(=O)(=O)c1cccc(C2CCCNC2)c1F. The lowest BCUT2D eigenvalue weighted by atomic mass is 9.91. The monoisotopic (exact) mass is 257 g/mol. The molecule has 1 heterocycles. The second-order valence-electron chi connectivity index (χ2n) is 4.47. The van der Waals surface area contributed by atoms with Gasteiger partial charge in [-0.25, -0.2) is 12.8 Å². The molecule has 0 bridgehead atoms. The Morgan fingerprint density at radius 1 is 1.41 bits per heavy atom. The van der Waals surface area contributed by atoms with Crippen molar-refractivity contribution in [3.8, 4) is 0 Å².